The molecule has 468 valence electrons. The summed E-state index contributed by atoms with van der Waals surface area (Å²) in [5, 5.41) is 87.2. The number of carbonyl (C=O) groups excluding carboxylic acids is 1. The fourth-order valence-electron chi connectivity index (χ4n) is 10.7. The highest BCUT2D eigenvalue weighted by Gasteiger charge is 2.51. The van der Waals surface area contributed by atoms with Crippen molar-refractivity contribution in [3.05, 3.63) is 48.6 Å². The lowest BCUT2D eigenvalue weighted by Crippen LogP contribution is -2.65. The Morgan fingerprint density at radius 1 is 0.450 bits per heavy atom. The lowest BCUT2D eigenvalue weighted by molar-refractivity contribution is -0.359. The van der Waals surface area contributed by atoms with Gasteiger partial charge in [0.25, 0.3) is 0 Å². The molecular formula is C66H121NO13. The number of unbranched alkanes of at least 4 members (excludes halogenated alkanes) is 34. The van der Waals surface area contributed by atoms with Crippen molar-refractivity contribution >= 4 is 5.91 Å². The van der Waals surface area contributed by atoms with Gasteiger partial charge >= 0.3 is 0 Å². The van der Waals surface area contributed by atoms with Crippen LogP contribution in [0.2, 0.25) is 0 Å². The average molecular weight is 1140 g/mol. The normalized spacial score (nSPS) is 24.5. The summed E-state index contributed by atoms with van der Waals surface area (Å²) in [7, 11) is 0. The molecule has 0 saturated carbocycles. The Morgan fingerprint density at radius 3 is 1.32 bits per heavy atom. The molecule has 2 heterocycles. The van der Waals surface area contributed by atoms with E-state index < -0.39 is 86.8 Å². The number of allylic oxidation sites excluding steroid dienone is 7. The van der Waals surface area contributed by atoms with Gasteiger partial charge < -0.3 is 65.1 Å². The number of hydrogen-bond donors (Lipinski definition) is 9. The van der Waals surface area contributed by atoms with Gasteiger partial charge in [-0.3, -0.25) is 4.79 Å². The van der Waals surface area contributed by atoms with E-state index in [1.165, 1.54) is 180 Å². The summed E-state index contributed by atoms with van der Waals surface area (Å²) >= 11 is 0. The highest BCUT2D eigenvalue weighted by Crippen LogP contribution is 2.30. The van der Waals surface area contributed by atoms with Crippen LogP contribution in [0.25, 0.3) is 0 Å². The zero-order valence-corrected chi connectivity index (χ0v) is 50.6. The molecule has 14 nitrogen and oxygen atoms in total. The summed E-state index contributed by atoms with van der Waals surface area (Å²) in [5.74, 6) is -0.262. The standard InChI is InChI=1S/C66H121NO13/c1-3-5-7-9-11-13-15-17-19-20-21-22-23-24-25-26-27-28-29-30-31-32-33-34-36-37-39-41-43-45-47-49-55(70)54(67-58(71)50-48-46-44-42-40-38-35-18-16-14-12-10-8-6-4-2)53-77-65-63(76)61(74)64(57(52-69)79-65)80-66-62(75)60(73)59(72)56(51-68)78-66/h12,14,18,35,39,41,47,49,54-57,59-66,68-70,72-76H,3-11,13,15-17,19-34,36-38,40,42-46,48,50-53H2,1-2H3,(H,67,71)/b14-12-,35-18-,41-39+,49-47+. The molecule has 0 aliphatic carbocycles. The van der Waals surface area contributed by atoms with Crippen molar-refractivity contribution in [2.75, 3.05) is 19.8 Å². The molecular weight excluding hydrogens is 1010 g/mol. The van der Waals surface area contributed by atoms with E-state index in [4.69, 9.17) is 18.9 Å². The summed E-state index contributed by atoms with van der Waals surface area (Å²) in [6.07, 6.45) is 48.9. The molecule has 2 aliphatic rings. The maximum Gasteiger partial charge on any atom is 0.220 e. The largest absolute Gasteiger partial charge is 0.394 e. The van der Waals surface area contributed by atoms with Crippen LogP contribution in [-0.4, -0.2) is 140 Å². The second-order valence-corrected chi connectivity index (χ2v) is 23.2. The molecule has 0 spiro atoms. The molecule has 12 atom stereocenters. The van der Waals surface area contributed by atoms with Gasteiger partial charge in [0.05, 0.1) is 32.0 Å². The number of amides is 1. The average Bonchev–Trinajstić information content (AvgIpc) is 3.46. The summed E-state index contributed by atoms with van der Waals surface area (Å²) in [6, 6.07) is -0.940. The minimum Gasteiger partial charge on any atom is -0.394 e. The van der Waals surface area contributed by atoms with Crippen molar-refractivity contribution in [3.63, 3.8) is 0 Å². The van der Waals surface area contributed by atoms with Gasteiger partial charge in [-0.2, -0.15) is 0 Å². The number of aliphatic hydroxyl groups is 8. The van der Waals surface area contributed by atoms with Gasteiger partial charge in [-0.25, -0.2) is 0 Å². The Bertz CT molecular complexity index is 1530. The Hall–Kier alpha value is -2.05. The molecule has 0 bridgehead atoms. The fraction of sp³-hybridized carbons (Fsp3) is 0.864. The van der Waals surface area contributed by atoms with Crippen LogP contribution in [0.15, 0.2) is 48.6 Å². The molecule has 2 fully saturated rings. The Balaban J connectivity index is 1.69. The second-order valence-electron chi connectivity index (χ2n) is 23.2. The third-order valence-electron chi connectivity index (χ3n) is 16.0. The lowest BCUT2D eigenvalue weighted by Gasteiger charge is -2.46. The van der Waals surface area contributed by atoms with Gasteiger partial charge in [-0.15, -0.1) is 0 Å². The third kappa shape index (κ3) is 35.9. The molecule has 9 N–H and O–H groups in total. The quantitative estimate of drug-likeness (QED) is 0.0204. The Kier molecular flexibility index (Phi) is 47.6. The summed E-state index contributed by atoms with van der Waals surface area (Å²) < 4.78 is 22.8. The first-order valence-electron chi connectivity index (χ1n) is 32.9. The molecule has 0 aromatic heterocycles. The third-order valence-corrected chi connectivity index (χ3v) is 16.0. The molecule has 1 amide bonds. The molecule has 14 heteroatoms. The smallest absolute Gasteiger partial charge is 0.220 e. The molecule has 2 saturated heterocycles. The van der Waals surface area contributed by atoms with Gasteiger partial charge in [-0.05, 0) is 64.2 Å². The SMILES string of the molecule is CCCCC/C=C\C/C=C\CCCCCCCC(=O)NC(COC1OC(CO)C(OC2OC(CO)C(O)C(O)C2O)C(O)C1O)C(O)/C=C/CC/C=C/CCCCCCCCCCCCCCCCCCCCCCCCCCC. The number of hydrogen-bond acceptors (Lipinski definition) is 13. The zero-order chi connectivity index (χ0) is 58.1. The van der Waals surface area contributed by atoms with Crippen LogP contribution in [0.3, 0.4) is 0 Å². The summed E-state index contributed by atoms with van der Waals surface area (Å²) in [5.41, 5.74) is 0. The fourth-order valence-corrected chi connectivity index (χ4v) is 10.7. The van der Waals surface area contributed by atoms with Gasteiger partial charge in [0, 0.05) is 6.42 Å². The topological polar surface area (TPSA) is 228 Å². The Labute approximate surface area is 486 Å². The molecule has 0 aromatic rings. The van der Waals surface area contributed by atoms with Crippen LogP contribution >= 0.6 is 0 Å². The van der Waals surface area contributed by atoms with E-state index in [1.807, 2.05) is 6.08 Å². The Morgan fingerprint density at radius 2 is 0.838 bits per heavy atom. The minimum atomic E-state index is -1.79. The molecule has 2 rings (SSSR count). The molecule has 0 radical (unpaired) electrons. The monoisotopic (exact) mass is 1140 g/mol. The first-order valence-corrected chi connectivity index (χ1v) is 32.9. The van der Waals surface area contributed by atoms with Crippen molar-refractivity contribution in [1.29, 1.82) is 0 Å². The van der Waals surface area contributed by atoms with Crippen LogP contribution < -0.4 is 5.32 Å². The van der Waals surface area contributed by atoms with E-state index in [0.717, 1.165) is 57.8 Å². The highest BCUT2D eigenvalue weighted by molar-refractivity contribution is 5.76. The predicted octanol–water partition coefficient (Wildman–Crippen LogP) is 12.3. The van der Waals surface area contributed by atoms with Crippen LogP contribution in [0.1, 0.15) is 271 Å². The first kappa shape index (κ1) is 74.1. The molecule has 80 heavy (non-hydrogen) atoms. The van der Waals surface area contributed by atoms with E-state index in [1.54, 1.807) is 6.08 Å². The van der Waals surface area contributed by atoms with Crippen molar-refractivity contribution in [2.24, 2.45) is 0 Å². The number of carbonyl (C=O) groups is 1. The van der Waals surface area contributed by atoms with Crippen LogP contribution in [-0.2, 0) is 23.7 Å². The number of nitrogens with one attached hydrogen (secondary N) is 1. The van der Waals surface area contributed by atoms with E-state index in [0.29, 0.717) is 12.8 Å². The second kappa shape index (κ2) is 51.4. The molecule has 12 unspecified atom stereocenters. The van der Waals surface area contributed by atoms with E-state index >= 15 is 0 Å². The number of ether oxygens (including phenoxy) is 4. The van der Waals surface area contributed by atoms with Crippen molar-refractivity contribution in [1.82, 2.24) is 5.32 Å². The highest BCUT2D eigenvalue weighted by atomic mass is 16.7. The maximum absolute atomic E-state index is 13.2. The van der Waals surface area contributed by atoms with E-state index in [9.17, 15) is 45.6 Å². The van der Waals surface area contributed by atoms with Gasteiger partial charge in [-0.1, -0.05) is 249 Å². The van der Waals surface area contributed by atoms with Gasteiger partial charge in [0.2, 0.25) is 5.91 Å². The van der Waals surface area contributed by atoms with E-state index in [-0.39, 0.29) is 18.9 Å². The maximum atomic E-state index is 13.2. The van der Waals surface area contributed by atoms with Crippen LogP contribution in [0, 0.1) is 0 Å². The van der Waals surface area contributed by atoms with Gasteiger partial charge in [0.1, 0.15) is 48.8 Å². The van der Waals surface area contributed by atoms with Crippen LogP contribution in [0.4, 0.5) is 0 Å². The molecule has 2 aliphatic heterocycles. The number of rotatable bonds is 53. The van der Waals surface area contributed by atoms with Crippen molar-refractivity contribution in [2.45, 2.75) is 344 Å². The van der Waals surface area contributed by atoms with Crippen molar-refractivity contribution in [3.8, 4) is 0 Å². The van der Waals surface area contributed by atoms with Crippen molar-refractivity contribution < 1.29 is 64.6 Å². The zero-order valence-electron chi connectivity index (χ0n) is 50.6. The minimum absolute atomic E-state index is 0.257. The lowest BCUT2D eigenvalue weighted by atomic mass is 9.97. The van der Waals surface area contributed by atoms with Crippen LogP contribution in [0.5, 0.6) is 0 Å². The summed E-state index contributed by atoms with van der Waals surface area (Å²) in [4.78, 5) is 13.2. The van der Waals surface area contributed by atoms with Gasteiger partial charge in [0.15, 0.2) is 12.6 Å². The predicted molar refractivity (Wildman–Crippen MR) is 323 cm³/mol. The van der Waals surface area contributed by atoms with E-state index in [2.05, 4.69) is 55.6 Å². The molecule has 0 aromatic carbocycles. The first-order chi connectivity index (χ1) is 39.1. The number of aliphatic hydroxyl groups excluding tert-OH is 8. The summed E-state index contributed by atoms with van der Waals surface area (Å²) in [6.45, 7) is 2.76.